The van der Waals surface area contributed by atoms with Crippen LogP contribution in [0.3, 0.4) is 0 Å². The quantitative estimate of drug-likeness (QED) is 0.787. The second kappa shape index (κ2) is 4.74. The molecule has 1 N–H and O–H groups in total. The summed E-state index contributed by atoms with van der Waals surface area (Å²) in [5.41, 5.74) is 0. The van der Waals surface area contributed by atoms with E-state index in [1.807, 2.05) is 0 Å². The van der Waals surface area contributed by atoms with Crippen LogP contribution in [-0.2, 0) is 4.79 Å². The zero-order valence-electron chi connectivity index (χ0n) is 10.7. The van der Waals surface area contributed by atoms with Gasteiger partial charge in [0.15, 0.2) is 0 Å². The number of hydrogen-bond acceptors (Lipinski definition) is 2. The smallest absolute Gasteiger partial charge is 0.227 e. The molecule has 0 aromatic carbocycles. The lowest BCUT2D eigenvalue weighted by Gasteiger charge is -2.30. The molecule has 0 radical (unpaired) electrons. The Morgan fingerprint density at radius 2 is 2.06 bits per heavy atom. The molecule has 2 rings (SSSR count). The summed E-state index contributed by atoms with van der Waals surface area (Å²) in [6.45, 7) is 8.37. The summed E-state index contributed by atoms with van der Waals surface area (Å²) < 4.78 is 0. The third kappa shape index (κ3) is 2.57. The van der Waals surface area contributed by atoms with E-state index in [-0.39, 0.29) is 5.92 Å². The van der Waals surface area contributed by atoms with Gasteiger partial charge in [-0.05, 0) is 52.5 Å². The zero-order valence-corrected chi connectivity index (χ0v) is 10.7. The summed E-state index contributed by atoms with van der Waals surface area (Å²) in [7, 11) is 0. The van der Waals surface area contributed by atoms with Gasteiger partial charge in [0.1, 0.15) is 0 Å². The van der Waals surface area contributed by atoms with Crippen molar-refractivity contribution in [2.75, 3.05) is 13.1 Å². The van der Waals surface area contributed by atoms with E-state index in [1.165, 1.54) is 12.8 Å². The lowest BCUT2D eigenvalue weighted by atomic mass is 9.99. The minimum atomic E-state index is 0.209. The van der Waals surface area contributed by atoms with Crippen molar-refractivity contribution >= 4 is 5.91 Å². The van der Waals surface area contributed by atoms with Crippen LogP contribution in [0, 0.1) is 11.8 Å². The molecule has 0 spiro atoms. The lowest BCUT2D eigenvalue weighted by molar-refractivity contribution is -0.137. The van der Waals surface area contributed by atoms with Crippen LogP contribution < -0.4 is 5.32 Å². The first-order valence-electron chi connectivity index (χ1n) is 6.63. The lowest BCUT2D eigenvalue weighted by Crippen LogP contribution is -2.44. The van der Waals surface area contributed by atoms with Crippen molar-refractivity contribution in [3.8, 4) is 0 Å². The standard InChI is InChI=1S/C13H24N2O/c1-9(2)15(8-11-4-5-11)13(16)12-6-7-14-10(12)3/h9-12,14H,4-8H2,1-3H3. The number of amides is 1. The van der Waals surface area contributed by atoms with E-state index in [9.17, 15) is 4.79 Å². The number of nitrogens with zero attached hydrogens (tertiary/aromatic N) is 1. The fourth-order valence-corrected chi connectivity index (χ4v) is 2.54. The third-order valence-corrected chi connectivity index (χ3v) is 3.90. The summed E-state index contributed by atoms with van der Waals surface area (Å²) in [6, 6.07) is 0.703. The molecule has 2 atom stereocenters. The highest BCUT2D eigenvalue weighted by Crippen LogP contribution is 2.31. The SMILES string of the molecule is CC1NCCC1C(=O)N(CC1CC1)C(C)C. The first-order valence-corrected chi connectivity index (χ1v) is 6.63. The summed E-state index contributed by atoms with van der Waals surface area (Å²) >= 11 is 0. The van der Waals surface area contributed by atoms with E-state index in [1.54, 1.807) is 0 Å². The number of carbonyl (C=O) groups is 1. The van der Waals surface area contributed by atoms with E-state index in [2.05, 4.69) is 31.0 Å². The average molecular weight is 224 g/mol. The van der Waals surface area contributed by atoms with Crippen LogP contribution in [-0.4, -0.2) is 36.0 Å². The van der Waals surface area contributed by atoms with E-state index in [0.717, 1.165) is 25.4 Å². The molecule has 1 saturated heterocycles. The second-order valence-electron chi connectivity index (χ2n) is 5.67. The fourth-order valence-electron chi connectivity index (χ4n) is 2.54. The maximum absolute atomic E-state index is 12.4. The third-order valence-electron chi connectivity index (χ3n) is 3.90. The monoisotopic (exact) mass is 224 g/mol. The maximum atomic E-state index is 12.4. The van der Waals surface area contributed by atoms with Gasteiger partial charge in [-0.3, -0.25) is 4.79 Å². The van der Waals surface area contributed by atoms with Gasteiger partial charge in [-0.15, -0.1) is 0 Å². The summed E-state index contributed by atoms with van der Waals surface area (Å²) in [5.74, 6) is 1.37. The van der Waals surface area contributed by atoms with Crippen LogP contribution in [0.2, 0.25) is 0 Å². The molecule has 1 aliphatic carbocycles. The Balaban J connectivity index is 1.97. The number of nitrogens with one attached hydrogen (secondary N) is 1. The van der Waals surface area contributed by atoms with Crippen LogP contribution in [0.5, 0.6) is 0 Å². The topological polar surface area (TPSA) is 32.3 Å². The van der Waals surface area contributed by atoms with Gasteiger partial charge in [0.2, 0.25) is 5.91 Å². The Morgan fingerprint density at radius 1 is 1.38 bits per heavy atom. The molecule has 1 heterocycles. The summed E-state index contributed by atoms with van der Waals surface area (Å²) in [4.78, 5) is 14.5. The van der Waals surface area contributed by atoms with Gasteiger partial charge in [-0.25, -0.2) is 0 Å². The fraction of sp³-hybridized carbons (Fsp3) is 0.923. The predicted molar refractivity (Wildman–Crippen MR) is 65.1 cm³/mol. The van der Waals surface area contributed by atoms with Crippen LogP contribution in [0.25, 0.3) is 0 Å². The van der Waals surface area contributed by atoms with Crippen LogP contribution in [0.4, 0.5) is 0 Å². The molecule has 92 valence electrons. The molecule has 1 saturated carbocycles. The van der Waals surface area contributed by atoms with Gasteiger partial charge >= 0.3 is 0 Å². The van der Waals surface area contributed by atoms with Crippen molar-refractivity contribution in [1.29, 1.82) is 0 Å². The second-order valence-corrected chi connectivity index (χ2v) is 5.67. The first kappa shape index (κ1) is 11.9. The van der Waals surface area contributed by atoms with E-state index in [4.69, 9.17) is 0 Å². The highest BCUT2D eigenvalue weighted by atomic mass is 16.2. The Labute approximate surface area is 98.6 Å². The van der Waals surface area contributed by atoms with Gasteiger partial charge in [0.25, 0.3) is 0 Å². The van der Waals surface area contributed by atoms with Crippen molar-refractivity contribution < 1.29 is 4.79 Å². The molecule has 2 fully saturated rings. The molecule has 16 heavy (non-hydrogen) atoms. The molecule has 1 amide bonds. The highest BCUT2D eigenvalue weighted by Gasteiger charge is 2.35. The molecular weight excluding hydrogens is 200 g/mol. The van der Waals surface area contributed by atoms with Gasteiger partial charge in [-0.2, -0.15) is 0 Å². The van der Waals surface area contributed by atoms with Crippen molar-refractivity contribution in [2.24, 2.45) is 11.8 Å². The van der Waals surface area contributed by atoms with E-state index < -0.39 is 0 Å². The first-order chi connectivity index (χ1) is 7.59. The van der Waals surface area contributed by atoms with Crippen molar-refractivity contribution in [1.82, 2.24) is 10.2 Å². The van der Waals surface area contributed by atoms with Crippen molar-refractivity contribution in [2.45, 2.75) is 52.1 Å². The van der Waals surface area contributed by atoms with Gasteiger partial charge in [0, 0.05) is 18.6 Å². The van der Waals surface area contributed by atoms with Crippen LogP contribution in [0.1, 0.15) is 40.0 Å². The number of hydrogen-bond donors (Lipinski definition) is 1. The Bertz CT molecular complexity index is 261. The molecule has 1 aliphatic heterocycles. The minimum Gasteiger partial charge on any atom is -0.340 e. The van der Waals surface area contributed by atoms with Crippen LogP contribution >= 0.6 is 0 Å². The average Bonchev–Trinajstić information content (AvgIpc) is 2.95. The largest absolute Gasteiger partial charge is 0.340 e. The molecular formula is C13H24N2O. The number of rotatable bonds is 4. The normalized spacial score (nSPS) is 29.8. The van der Waals surface area contributed by atoms with Gasteiger partial charge in [0.05, 0.1) is 5.92 Å². The van der Waals surface area contributed by atoms with Crippen molar-refractivity contribution in [3.63, 3.8) is 0 Å². The van der Waals surface area contributed by atoms with Crippen molar-refractivity contribution in [3.05, 3.63) is 0 Å². The zero-order chi connectivity index (χ0) is 11.7. The molecule has 0 aromatic rings. The van der Waals surface area contributed by atoms with E-state index >= 15 is 0 Å². The van der Waals surface area contributed by atoms with Gasteiger partial charge in [-0.1, -0.05) is 0 Å². The van der Waals surface area contributed by atoms with E-state index in [0.29, 0.717) is 18.0 Å². The molecule has 0 bridgehead atoms. The molecule has 2 aliphatic rings. The summed E-state index contributed by atoms with van der Waals surface area (Å²) in [6.07, 6.45) is 3.64. The predicted octanol–water partition coefficient (Wildman–Crippen LogP) is 1.63. The maximum Gasteiger partial charge on any atom is 0.227 e. The Morgan fingerprint density at radius 3 is 2.50 bits per heavy atom. The highest BCUT2D eigenvalue weighted by molar-refractivity contribution is 5.80. The molecule has 3 nitrogen and oxygen atoms in total. The minimum absolute atomic E-state index is 0.209. The molecule has 0 aromatic heterocycles. The summed E-state index contributed by atoms with van der Waals surface area (Å²) in [5, 5.41) is 3.37. The Hall–Kier alpha value is -0.570. The Kier molecular flexibility index (Phi) is 3.53. The number of carbonyl (C=O) groups excluding carboxylic acids is 1. The molecule has 3 heteroatoms. The van der Waals surface area contributed by atoms with Crippen LogP contribution in [0.15, 0.2) is 0 Å². The van der Waals surface area contributed by atoms with Gasteiger partial charge < -0.3 is 10.2 Å². The molecule has 2 unspecified atom stereocenters.